The molecule has 0 aromatic heterocycles. The maximum Gasteiger partial charge on any atom is 0.363 e. The molecule has 1 aliphatic heterocycles. The third-order valence-electron chi connectivity index (χ3n) is 3.91. The minimum Gasteiger partial charge on any atom is -0.493 e. The second-order valence-electron chi connectivity index (χ2n) is 5.97. The molecule has 3 rings (SSSR count). The van der Waals surface area contributed by atoms with Gasteiger partial charge in [0.15, 0.2) is 23.8 Å². The number of hydrogen-bond acceptors (Lipinski definition) is 7. The molecule has 0 saturated carbocycles. The van der Waals surface area contributed by atoms with Crippen molar-refractivity contribution >= 4 is 46.5 Å². The van der Waals surface area contributed by atoms with Gasteiger partial charge in [-0.15, -0.1) is 0 Å². The number of cyclic esters (lactones) is 1. The third-order valence-corrected chi connectivity index (χ3v) is 4.71. The van der Waals surface area contributed by atoms with Crippen LogP contribution in [0.5, 0.6) is 11.5 Å². The molecule has 1 aliphatic rings. The second kappa shape index (κ2) is 9.70. The van der Waals surface area contributed by atoms with E-state index in [0.717, 1.165) is 0 Å². The first-order valence-corrected chi connectivity index (χ1v) is 9.93. The molecule has 2 aromatic rings. The first-order chi connectivity index (χ1) is 14.4. The predicted octanol–water partition coefficient (Wildman–Crippen LogP) is 3.73. The fraction of sp³-hybridized carbons (Fsp3) is 0.190. The number of hydrogen-bond donors (Lipinski definition) is 0. The Balaban J connectivity index is 1.85. The van der Waals surface area contributed by atoms with Gasteiger partial charge in [0.2, 0.25) is 5.90 Å². The molecule has 0 radical (unpaired) electrons. The summed E-state index contributed by atoms with van der Waals surface area (Å²) in [5.74, 6) is -0.637. The third kappa shape index (κ3) is 5.15. The van der Waals surface area contributed by atoms with Crippen LogP contribution < -0.4 is 9.47 Å². The molecule has 0 bridgehead atoms. The Labute approximate surface area is 185 Å². The predicted molar refractivity (Wildman–Crippen MR) is 115 cm³/mol. The average Bonchev–Trinajstić information content (AvgIpc) is 3.07. The van der Waals surface area contributed by atoms with Gasteiger partial charge in [0.05, 0.1) is 17.3 Å². The van der Waals surface area contributed by atoms with Gasteiger partial charge >= 0.3 is 11.9 Å². The summed E-state index contributed by atoms with van der Waals surface area (Å²) in [5, 5.41) is 0. The Hall–Kier alpha value is -2.95. The Bertz CT molecular complexity index is 1030. The van der Waals surface area contributed by atoms with E-state index in [-0.39, 0.29) is 24.8 Å². The lowest BCUT2D eigenvalue weighted by atomic mass is 10.1. The number of aliphatic imine (C=N–C) groups is 1. The summed E-state index contributed by atoms with van der Waals surface area (Å²) in [5.41, 5.74) is 1.20. The van der Waals surface area contributed by atoms with Crippen LogP contribution in [-0.2, 0) is 19.1 Å². The Morgan fingerprint density at radius 2 is 2.00 bits per heavy atom. The molecule has 156 valence electrons. The largest absolute Gasteiger partial charge is 0.493 e. The highest BCUT2D eigenvalue weighted by Crippen LogP contribution is 2.35. The van der Waals surface area contributed by atoms with Crippen molar-refractivity contribution in [3.63, 3.8) is 0 Å². The molecule has 2 aromatic carbocycles. The Morgan fingerprint density at radius 1 is 1.27 bits per heavy atom. The molecular formula is C21H17FINO6. The number of rotatable bonds is 7. The molecule has 9 heteroatoms. The lowest BCUT2D eigenvalue weighted by Crippen LogP contribution is -2.15. The smallest absolute Gasteiger partial charge is 0.363 e. The summed E-state index contributed by atoms with van der Waals surface area (Å²) in [6.45, 7) is 1.72. The monoisotopic (exact) mass is 525 g/mol. The number of methoxy groups -OCH3 is 1. The van der Waals surface area contributed by atoms with Crippen molar-refractivity contribution in [2.75, 3.05) is 20.3 Å². The number of carbonyl (C=O) groups is 2. The van der Waals surface area contributed by atoms with Crippen LogP contribution in [0.3, 0.4) is 0 Å². The van der Waals surface area contributed by atoms with E-state index in [4.69, 9.17) is 18.9 Å². The average molecular weight is 525 g/mol. The fourth-order valence-corrected chi connectivity index (χ4v) is 3.36. The van der Waals surface area contributed by atoms with Gasteiger partial charge in [-0.25, -0.2) is 19.0 Å². The van der Waals surface area contributed by atoms with E-state index in [9.17, 15) is 14.0 Å². The van der Waals surface area contributed by atoms with Crippen LogP contribution in [0.25, 0.3) is 6.08 Å². The summed E-state index contributed by atoms with van der Waals surface area (Å²) >= 11 is 2.04. The highest BCUT2D eigenvalue weighted by molar-refractivity contribution is 14.1. The van der Waals surface area contributed by atoms with Gasteiger partial charge < -0.3 is 18.9 Å². The Morgan fingerprint density at radius 3 is 2.67 bits per heavy atom. The van der Waals surface area contributed by atoms with E-state index in [1.165, 1.54) is 31.4 Å². The molecule has 0 saturated heterocycles. The summed E-state index contributed by atoms with van der Waals surface area (Å²) in [4.78, 5) is 27.9. The van der Waals surface area contributed by atoms with E-state index in [2.05, 4.69) is 4.99 Å². The number of carbonyl (C=O) groups excluding carboxylic acids is 2. The van der Waals surface area contributed by atoms with Gasteiger partial charge in [-0.1, -0.05) is 0 Å². The molecule has 0 unspecified atom stereocenters. The van der Waals surface area contributed by atoms with Crippen LogP contribution in [0.1, 0.15) is 18.1 Å². The normalized spacial score (nSPS) is 14.3. The summed E-state index contributed by atoms with van der Waals surface area (Å²) < 4.78 is 34.7. The molecular weight excluding hydrogens is 508 g/mol. The van der Waals surface area contributed by atoms with Crippen LogP contribution >= 0.6 is 22.6 Å². The van der Waals surface area contributed by atoms with Gasteiger partial charge in [0, 0.05) is 5.56 Å². The maximum atomic E-state index is 13.1. The van der Waals surface area contributed by atoms with Crippen molar-refractivity contribution in [2.24, 2.45) is 4.99 Å². The first kappa shape index (κ1) is 21.8. The zero-order valence-electron chi connectivity index (χ0n) is 16.1. The van der Waals surface area contributed by atoms with Crippen molar-refractivity contribution in [3.8, 4) is 11.5 Å². The standard InChI is InChI=1S/C21H17FINO6/c1-3-28-18(25)11-29-19-15(23)8-12(10-17(19)27-2)9-16-21(26)30-20(24-16)13-4-6-14(22)7-5-13/h4-10H,3,11H2,1-2H3/b16-9-. The van der Waals surface area contributed by atoms with Crippen LogP contribution in [0.15, 0.2) is 47.1 Å². The SMILES string of the molecule is CCOC(=O)COc1c(I)cc(/C=C2\N=C(c3ccc(F)cc3)OC2=O)cc1OC. The van der Waals surface area contributed by atoms with E-state index < -0.39 is 17.8 Å². The maximum absolute atomic E-state index is 13.1. The zero-order valence-corrected chi connectivity index (χ0v) is 18.3. The molecule has 0 spiro atoms. The number of halogens is 2. The zero-order chi connectivity index (χ0) is 21.7. The van der Waals surface area contributed by atoms with Gasteiger partial charge in [0.25, 0.3) is 0 Å². The highest BCUT2D eigenvalue weighted by atomic mass is 127. The molecule has 7 nitrogen and oxygen atoms in total. The van der Waals surface area contributed by atoms with Crippen molar-refractivity contribution in [3.05, 3.63) is 62.6 Å². The van der Waals surface area contributed by atoms with Crippen LogP contribution in [0, 0.1) is 9.39 Å². The minimum atomic E-state index is -0.620. The first-order valence-electron chi connectivity index (χ1n) is 8.85. The van der Waals surface area contributed by atoms with Gasteiger partial charge in [-0.2, -0.15) is 0 Å². The topological polar surface area (TPSA) is 83.4 Å². The lowest BCUT2D eigenvalue weighted by molar-refractivity contribution is -0.145. The summed E-state index contributed by atoms with van der Waals surface area (Å²) in [7, 11) is 1.47. The van der Waals surface area contributed by atoms with Crippen LogP contribution in [0.2, 0.25) is 0 Å². The lowest BCUT2D eigenvalue weighted by Gasteiger charge is -2.13. The van der Waals surface area contributed by atoms with Crippen molar-refractivity contribution in [1.29, 1.82) is 0 Å². The number of nitrogens with zero attached hydrogens (tertiary/aromatic N) is 1. The van der Waals surface area contributed by atoms with Gasteiger partial charge in [-0.05, 0) is 77.6 Å². The number of esters is 2. The molecule has 1 heterocycles. The van der Waals surface area contributed by atoms with Gasteiger partial charge in [0.1, 0.15) is 5.82 Å². The molecule has 0 amide bonds. The van der Waals surface area contributed by atoms with Crippen LogP contribution in [-0.4, -0.2) is 38.2 Å². The second-order valence-corrected chi connectivity index (χ2v) is 7.13. The van der Waals surface area contributed by atoms with Gasteiger partial charge in [-0.3, -0.25) is 0 Å². The molecule has 0 N–H and O–H groups in total. The van der Waals surface area contributed by atoms with Crippen molar-refractivity contribution in [1.82, 2.24) is 0 Å². The van der Waals surface area contributed by atoms with E-state index >= 15 is 0 Å². The number of ether oxygens (including phenoxy) is 4. The molecule has 30 heavy (non-hydrogen) atoms. The van der Waals surface area contributed by atoms with Crippen molar-refractivity contribution < 1.29 is 32.9 Å². The quantitative estimate of drug-likeness (QED) is 0.312. The summed E-state index contributed by atoms with van der Waals surface area (Å²) in [6.07, 6.45) is 1.54. The molecule has 0 atom stereocenters. The summed E-state index contributed by atoms with van der Waals surface area (Å²) in [6, 6.07) is 8.87. The van der Waals surface area contributed by atoms with Crippen LogP contribution in [0.4, 0.5) is 4.39 Å². The number of benzene rings is 2. The highest BCUT2D eigenvalue weighted by Gasteiger charge is 2.24. The Kier molecular flexibility index (Phi) is 7.03. The fourth-order valence-electron chi connectivity index (χ4n) is 2.58. The molecule has 0 fully saturated rings. The van der Waals surface area contributed by atoms with E-state index in [1.807, 2.05) is 22.6 Å². The van der Waals surface area contributed by atoms with E-state index in [0.29, 0.717) is 26.2 Å². The van der Waals surface area contributed by atoms with E-state index in [1.54, 1.807) is 25.1 Å². The molecule has 0 aliphatic carbocycles. The minimum absolute atomic E-state index is 0.0902. The van der Waals surface area contributed by atoms with Crippen molar-refractivity contribution in [2.45, 2.75) is 6.92 Å².